The molecule has 0 bridgehead atoms. The molecule has 0 spiro atoms. The summed E-state index contributed by atoms with van der Waals surface area (Å²) in [6, 6.07) is 18.6. The number of carbonyl (C=O) groups excluding carboxylic acids is 1. The molecule has 2 aromatic carbocycles. The number of amides is 1. The van der Waals surface area contributed by atoms with Crippen LogP contribution in [-0.2, 0) is 11.4 Å². The first-order chi connectivity index (χ1) is 13.8. The van der Waals surface area contributed by atoms with Gasteiger partial charge in [0.1, 0.15) is 12.4 Å². The number of likely N-dealkylation sites (tertiary alicyclic amines) is 2. The predicted molar refractivity (Wildman–Crippen MR) is 112 cm³/mol. The SMILES string of the molecule is O=C(/C=C/c1cccc(OCc2ccccc2)c1)N1CCC(N2CCCC2)C1. The van der Waals surface area contributed by atoms with Gasteiger partial charge in [-0.05, 0) is 61.7 Å². The quantitative estimate of drug-likeness (QED) is 0.715. The zero-order valence-corrected chi connectivity index (χ0v) is 16.3. The fourth-order valence-electron chi connectivity index (χ4n) is 4.07. The van der Waals surface area contributed by atoms with Gasteiger partial charge in [0, 0.05) is 25.2 Å². The van der Waals surface area contributed by atoms with Crippen molar-refractivity contribution in [3.05, 3.63) is 71.8 Å². The molecule has 2 aliphatic heterocycles. The maximum absolute atomic E-state index is 12.6. The molecule has 4 nitrogen and oxygen atoms in total. The van der Waals surface area contributed by atoms with Gasteiger partial charge in [0.2, 0.25) is 5.91 Å². The smallest absolute Gasteiger partial charge is 0.246 e. The number of hydrogen-bond donors (Lipinski definition) is 0. The summed E-state index contributed by atoms with van der Waals surface area (Å²) in [5, 5.41) is 0. The Morgan fingerprint density at radius 1 is 1.04 bits per heavy atom. The van der Waals surface area contributed by atoms with Crippen molar-refractivity contribution in [1.82, 2.24) is 9.80 Å². The maximum Gasteiger partial charge on any atom is 0.246 e. The minimum Gasteiger partial charge on any atom is -0.489 e. The largest absolute Gasteiger partial charge is 0.489 e. The Hall–Kier alpha value is -2.59. The summed E-state index contributed by atoms with van der Waals surface area (Å²) in [5.74, 6) is 0.922. The molecule has 28 heavy (non-hydrogen) atoms. The molecular formula is C24H28N2O2. The molecule has 0 aromatic heterocycles. The molecule has 1 amide bonds. The Balaban J connectivity index is 1.31. The molecule has 4 heteroatoms. The lowest BCUT2D eigenvalue weighted by atomic mass is 10.2. The van der Waals surface area contributed by atoms with E-state index in [4.69, 9.17) is 4.74 Å². The molecule has 2 aromatic rings. The third-order valence-corrected chi connectivity index (χ3v) is 5.66. The van der Waals surface area contributed by atoms with Gasteiger partial charge in [-0.15, -0.1) is 0 Å². The summed E-state index contributed by atoms with van der Waals surface area (Å²) in [6.45, 7) is 4.66. The van der Waals surface area contributed by atoms with E-state index in [9.17, 15) is 4.79 Å². The highest BCUT2D eigenvalue weighted by molar-refractivity contribution is 5.92. The van der Waals surface area contributed by atoms with Crippen LogP contribution < -0.4 is 4.74 Å². The van der Waals surface area contributed by atoms with Gasteiger partial charge in [0.05, 0.1) is 0 Å². The van der Waals surface area contributed by atoms with E-state index in [-0.39, 0.29) is 5.91 Å². The Kier molecular flexibility index (Phi) is 6.07. The van der Waals surface area contributed by atoms with E-state index in [1.807, 2.05) is 65.6 Å². The Bertz CT molecular complexity index is 812. The fourth-order valence-corrected chi connectivity index (χ4v) is 4.07. The van der Waals surface area contributed by atoms with Crippen molar-refractivity contribution in [1.29, 1.82) is 0 Å². The molecule has 2 aliphatic rings. The highest BCUT2D eigenvalue weighted by Crippen LogP contribution is 2.21. The number of carbonyl (C=O) groups is 1. The van der Waals surface area contributed by atoms with Gasteiger partial charge in [0.25, 0.3) is 0 Å². The first-order valence-electron chi connectivity index (χ1n) is 10.3. The molecule has 2 fully saturated rings. The molecular weight excluding hydrogens is 348 g/mol. The predicted octanol–water partition coefficient (Wildman–Crippen LogP) is 3.98. The molecule has 0 aliphatic carbocycles. The molecule has 4 rings (SSSR count). The second-order valence-corrected chi connectivity index (χ2v) is 7.65. The lowest BCUT2D eigenvalue weighted by Gasteiger charge is -2.23. The standard InChI is InChI=1S/C24H28N2O2/c27-24(26-16-13-22(18-26)25-14-4-5-15-25)12-11-20-9-6-10-23(17-20)28-19-21-7-2-1-3-8-21/h1-3,6-12,17,22H,4-5,13-16,18-19H2/b12-11+. The third-order valence-electron chi connectivity index (χ3n) is 5.66. The van der Waals surface area contributed by atoms with Crippen molar-refractivity contribution in [2.75, 3.05) is 26.2 Å². The first-order valence-corrected chi connectivity index (χ1v) is 10.3. The molecule has 0 N–H and O–H groups in total. The number of benzene rings is 2. The molecule has 0 saturated carbocycles. The normalized spacial score (nSPS) is 20.1. The number of rotatable bonds is 6. The summed E-state index contributed by atoms with van der Waals surface area (Å²) in [7, 11) is 0. The van der Waals surface area contributed by atoms with Gasteiger partial charge in [-0.2, -0.15) is 0 Å². The molecule has 1 unspecified atom stereocenters. The van der Waals surface area contributed by atoms with Gasteiger partial charge < -0.3 is 9.64 Å². The molecule has 2 saturated heterocycles. The van der Waals surface area contributed by atoms with Crippen LogP contribution in [0.15, 0.2) is 60.7 Å². The highest BCUT2D eigenvalue weighted by Gasteiger charge is 2.30. The summed E-state index contributed by atoms with van der Waals surface area (Å²) in [4.78, 5) is 17.1. The number of hydrogen-bond acceptors (Lipinski definition) is 3. The van der Waals surface area contributed by atoms with Crippen LogP contribution in [0.2, 0.25) is 0 Å². The molecule has 2 heterocycles. The van der Waals surface area contributed by atoms with Crippen LogP contribution in [0.4, 0.5) is 0 Å². The Morgan fingerprint density at radius 3 is 2.68 bits per heavy atom. The second kappa shape index (κ2) is 9.07. The van der Waals surface area contributed by atoms with Crippen LogP contribution in [0.3, 0.4) is 0 Å². The maximum atomic E-state index is 12.6. The van der Waals surface area contributed by atoms with E-state index >= 15 is 0 Å². The van der Waals surface area contributed by atoms with E-state index in [2.05, 4.69) is 4.90 Å². The topological polar surface area (TPSA) is 32.8 Å². The summed E-state index contributed by atoms with van der Waals surface area (Å²) < 4.78 is 5.88. The average molecular weight is 377 g/mol. The van der Waals surface area contributed by atoms with Crippen LogP contribution in [0.5, 0.6) is 5.75 Å². The van der Waals surface area contributed by atoms with Crippen LogP contribution in [0.25, 0.3) is 6.08 Å². The fraction of sp³-hybridized carbons (Fsp3) is 0.375. The van der Waals surface area contributed by atoms with Crippen molar-refractivity contribution >= 4 is 12.0 Å². The lowest BCUT2D eigenvalue weighted by molar-refractivity contribution is -0.125. The van der Waals surface area contributed by atoms with E-state index in [0.717, 1.165) is 36.4 Å². The van der Waals surface area contributed by atoms with Crippen molar-refractivity contribution < 1.29 is 9.53 Å². The van der Waals surface area contributed by atoms with E-state index in [0.29, 0.717) is 12.6 Å². The molecule has 1 atom stereocenters. The van der Waals surface area contributed by atoms with Crippen molar-refractivity contribution in [2.24, 2.45) is 0 Å². The Morgan fingerprint density at radius 2 is 1.86 bits per heavy atom. The van der Waals surface area contributed by atoms with E-state index in [1.54, 1.807) is 6.08 Å². The van der Waals surface area contributed by atoms with Gasteiger partial charge in [-0.25, -0.2) is 0 Å². The van der Waals surface area contributed by atoms with Crippen molar-refractivity contribution in [2.45, 2.75) is 31.9 Å². The highest BCUT2D eigenvalue weighted by atomic mass is 16.5. The average Bonchev–Trinajstić information content (AvgIpc) is 3.43. The van der Waals surface area contributed by atoms with Crippen LogP contribution >= 0.6 is 0 Å². The second-order valence-electron chi connectivity index (χ2n) is 7.65. The minimum absolute atomic E-state index is 0.109. The summed E-state index contributed by atoms with van der Waals surface area (Å²) in [5.41, 5.74) is 2.12. The molecule has 146 valence electrons. The van der Waals surface area contributed by atoms with Gasteiger partial charge in [-0.1, -0.05) is 42.5 Å². The van der Waals surface area contributed by atoms with E-state index in [1.165, 1.54) is 25.9 Å². The minimum atomic E-state index is 0.109. The first kappa shape index (κ1) is 18.8. The third kappa shape index (κ3) is 4.82. The van der Waals surface area contributed by atoms with Crippen molar-refractivity contribution in [3.8, 4) is 5.75 Å². The van der Waals surface area contributed by atoms with E-state index < -0.39 is 0 Å². The monoisotopic (exact) mass is 376 g/mol. The zero-order chi connectivity index (χ0) is 19.2. The van der Waals surface area contributed by atoms with Crippen LogP contribution in [0.1, 0.15) is 30.4 Å². The van der Waals surface area contributed by atoms with Crippen LogP contribution in [0, 0.1) is 0 Å². The summed E-state index contributed by atoms with van der Waals surface area (Å²) in [6.07, 6.45) is 7.28. The summed E-state index contributed by atoms with van der Waals surface area (Å²) >= 11 is 0. The lowest BCUT2D eigenvalue weighted by Crippen LogP contribution is -2.36. The van der Waals surface area contributed by atoms with Gasteiger partial charge in [-0.3, -0.25) is 9.69 Å². The zero-order valence-electron chi connectivity index (χ0n) is 16.3. The Labute approximate surface area is 167 Å². The molecule has 0 radical (unpaired) electrons. The number of ether oxygens (including phenoxy) is 1. The number of nitrogens with zero attached hydrogens (tertiary/aromatic N) is 2. The van der Waals surface area contributed by atoms with Gasteiger partial charge in [0.15, 0.2) is 0 Å². The van der Waals surface area contributed by atoms with Crippen molar-refractivity contribution in [3.63, 3.8) is 0 Å². The van der Waals surface area contributed by atoms with Crippen LogP contribution in [-0.4, -0.2) is 47.9 Å². The van der Waals surface area contributed by atoms with Gasteiger partial charge >= 0.3 is 0 Å².